The molecule has 0 saturated carbocycles. The number of nitrogens with zero attached hydrogens (tertiary/aromatic N) is 2. The molecule has 0 spiro atoms. The number of aromatic nitrogens is 3. The summed E-state index contributed by atoms with van der Waals surface area (Å²) < 4.78 is 5.65. The predicted octanol–water partition coefficient (Wildman–Crippen LogP) is 3.22. The summed E-state index contributed by atoms with van der Waals surface area (Å²) in [5.74, 6) is 1.70. The Kier molecular flexibility index (Phi) is 3.83. The number of rotatable bonds is 5. The topological polar surface area (TPSA) is 66.7 Å². The Morgan fingerprint density at radius 2 is 2.19 bits per heavy atom. The molecule has 3 rings (SSSR count). The second-order valence-electron chi connectivity index (χ2n) is 5.04. The molecular formula is C16H18N4O. The summed E-state index contributed by atoms with van der Waals surface area (Å²) in [4.78, 5) is 4.36. The van der Waals surface area contributed by atoms with Crippen molar-refractivity contribution >= 4 is 0 Å². The Balaban J connectivity index is 1.71. The van der Waals surface area contributed by atoms with Crippen molar-refractivity contribution in [1.29, 1.82) is 0 Å². The van der Waals surface area contributed by atoms with Crippen LogP contribution in [0.3, 0.4) is 0 Å². The summed E-state index contributed by atoms with van der Waals surface area (Å²) in [6.45, 7) is 4.73. The van der Waals surface area contributed by atoms with Crippen molar-refractivity contribution in [2.45, 2.75) is 26.4 Å². The van der Waals surface area contributed by atoms with Crippen LogP contribution in [0.25, 0.3) is 11.5 Å². The first kappa shape index (κ1) is 13.6. The lowest BCUT2D eigenvalue weighted by atomic mass is 10.1. The van der Waals surface area contributed by atoms with Gasteiger partial charge in [0.25, 0.3) is 0 Å². The molecule has 21 heavy (non-hydrogen) atoms. The number of nitrogens with one attached hydrogen (secondary N) is 2. The first-order valence-electron chi connectivity index (χ1n) is 6.97. The molecule has 1 unspecified atom stereocenters. The van der Waals surface area contributed by atoms with Gasteiger partial charge in [-0.05, 0) is 38.1 Å². The van der Waals surface area contributed by atoms with Crippen LogP contribution >= 0.6 is 0 Å². The third-order valence-corrected chi connectivity index (χ3v) is 3.43. The summed E-state index contributed by atoms with van der Waals surface area (Å²) in [5, 5.41) is 10.6. The molecule has 0 saturated heterocycles. The van der Waals surface area contributed by atoms with Gasteiger partial charge >= 0.3 is 0 Å². The number of H-pyrrole nitrogens is 1. The molecule has 1 atom stereocenters. The van der Waals surface area contributed by atoms with E-state index in [1.807, 2.05) is 49.6 Å². The summed E-state index contributed by atoms with van der Waals surface area (Å²) in [6, 6.07) is 10.0. The Morgan fingerprint density at radius 1 is 1.29 bits per heavy atom. The second kappa shape index (κ2) is 5.93. The van der Waals surface area contributed by atoms with E-state index < -0.39 is 0 Å². The Bertz CT molecular complexity index is 702. The van der Waals surface area contributed by atoms with Crippen molar-refractivity contribution < 1.29 is 4.42 Å². The molecule has 5 nitrogen and oxygen atoms in total. The molecule has 0 amide bonds. The van der Waals surface area contributed by atoms with Crippen LogP contribution < -0.4 is 5.32 Å². The summed E-state index contributed by atoms with van der Waals surface area (Å²) in [6.07, 6.45) is 3.63. The maximum absolute atomic E-state index is 5.65. The SMILES string of the molecule is Cc1ccc(-c2[nH]ncc2CNC(C)c2ccccn2)o1. The average Bonchev–Trinajstić information content (AvgIpc) is 3.14. The minimum atomic E-state index is 0.173. The van der Waals surface area contributed by atoms with Crippen molar-refractivity contribution in [1.82, 2.24) is 20.5 Å². The maximum Gasteiger partial charge on any atom is 0.152 e. The van der Waals surface area contributed by atoms with E-state index >= 15 is 0 Å². The lowest BCUT2D eigenvalue weighted by Crippen LogP contribution is -2.19. The quantitative estimate of drug-likeness (QED) is 0.754. The van der Waals surface area contributed by atoms with Gasteiger partial charge in [-0.2, -0.15) is 5.10 Å². The van der Waals surface area contributed by atoms with Crippen LogP contribution in [0.15, 0.2) is 47.1 Å². The predicted molar refractivity (Wildman–Crippen MR) is 80.5 cm³/mol. The van der Waals surface area contributed by atoms with Crippen LogP contribution in [-0.2, 0) is 6.54 Å². The van der Waals surface area contributed by atoms with E-state index in [-0.39, 0.29) is 6.04 Å². The fourth-order valence-electron chi connectivity index (χ4n) is 2.23. The zero-order valence-electron chi connectivity index (χ0n) is 12.1. The van der Waals surface area contributed by atoms with Crippen molar-refractivity contribution in [3.63, 3.8) is 0 Å². The lowest BCUT2D eigenvalue weighted by molar-refractivity contribution is 0.541. The van der Waals surface area contributed by atoms with Crippen LogP contribution in [0.5, 0.6) is 0 Å². The summed E-state index contributed by atoms with van der Waals surface area (Å²) in [7, 11) is 0. The molecule has 0 radical (unpaired) electrons. The fourth-order valence-corrected chi connectivity index (χ4v) is 2.23. The molecule has 3 heterocycles. The standard InChI is InChI=1S/C16H18N4O/c1-11-6-7-15(21-11)16-13(10-19-20-16)9-18-12(2)14-5-3-4-8-17-14/h3-8,10,12,18H,9H2,1-2H3,(H,19,20). The number of hydrogen-bond donors (Lipinski definition) is 2. The molecule has 0 fully saturated rings. The minimum absolute atomic E-state index is 0.173. The van der Waals surface area contributed by atoms with Crippen molar-refractivity contribution in [3.05, 3.63) is 59.7 Å². The number of furan rings is 1. The normalized spacial score (nSPS) is 12.5. The van der Waals surface area contributed by atoms with Gasteiger partial charge in [0, 0.05) is 24.3 Å². The van der Waals surface area contributed by atoms with E-state index in [1.54, 1.807) is 0 Å². The second-order valence-corrected chi connectivity index (χ2v) is 5.04. The summed E-state index contributed by atoms with van der Waals surface area (Å²) >= 11 is 0. The molecule has 0 aliphatic carbocycles. The smallest absolute Gasteiger partial charge is 0.152 e. The average molecular weight is 282 g/mol. The van der Waals surface area contributed by atoms with Gasteiger partial charge in [-0.1, -0.05) is 6.07 Å². The van der Waals surface area contributed by atoms with Crippen molar-refractivity contribution in [2.75, 3.05) is 0 Å². The highest BCUT2D eigenvalue weighted by molar-refractivity contribution is 5.56. The van der Waals surface area contributed by atoms with Crippen LogP contribution in [-0.4, -0.2) is 15.2 Å². The van der Waals surface area contributed by atoms with Crippen LogP contribution in [0.2, 0.25) is 0 Å². The van der Waals surface area contributed by atoms with E-state index in [1.165, 1.54) is 0 Å². The third kappa shape index (κ3) is 3.03. The lowest BCUT2D eigenvalue weighted by Gasteiger charge is -2.12. The van der Waals surface area contributed by atoms with Gasteiger partial charge in [-0.25, -0.2) is 0 Å². The number of aryl methyl sites for hydroxylation is 1. The molecule has 2 N–H and O–H groups in total. The van der Waals surface area contributed by atoms with E-state index in [9.17, 15) is 0 Å². The Hall–Kier alpha value is -2.40. The van der Waals surface area contributed by atoms with Crippen LogP contribution in [0.1, 0.15) is 30.0 Å². The largest absolute Gasteiger partial charge is 0.460 e. The van der Waals surface area contributed by atoms with Crippen molar-refractivity contribution in [2.24, 2.45) is 0 Å². The zero-order valence-corrected chi connectivity index (χ0v) is 12.1. The molecule has 3 aromatic rings. The van der Waals surface area contributed by atoms with Gasteiger partial charge in [-0.3, -0.25) is 10.1 Å². The Labute approximate surface area is 123 Å². The van der Waals surface area contributed by atoms with Gasteiger partial charge in [0.2, 0.25) is 0 Å². The Morgan fingerprint density at radius 3 is 2.90 bits per heavy atom. The van der Waals surface area contributed by atoms with E-state index in [4.69, 9.17) is 4.42 Å². The van der Waals surface area contributed by atoms with E-state index in [0.717, 1.165) is 28.5 Å². The number of hydrogen-bond acceptors (Lipinski definition) is 4. The molecule has 0 aliphatic rings. The number of pyridine rings is 1. The monoisotopic (exact) mass is 282 g/mol. The molecule has 5 heteroatoms. The molecule has 0 aliphatic heterocycles. The zero-order chi connectivity index (χ0) is 14.7. The highest BCUT2D eigenvalue weighted by atomic mass is 16.3. The first-order chi connectivity index (χ1) is 10.2. The summed E-state index contributed by atoms with van der Waals surface area (Å²) in [5.41, 5.74) is 3.02. The fraction of sp³-hybridized carbons (Fsp3) is 0.250. The van der Waals surface area contributed by atoms with E-state index in [0.29, 0.717) is 6.54 Å². The van der Waals surface area contributed by atoms with Gasteiger partial charge in [0.05, 0.1) is 11.9 Å². The molecule has 3 aromatic heterocycles. The molecule has 0 bridgehead atoms. The highest BCUT2D eigenvalue weighted by Crippen LogP contribution is 2.23. The third-order valence-electron chi connectivity index (χ3n) is 3.43. The highest BCUT2D eigenvalue weighted by Gasteiger charge is 2.12. The van der Waals surface area contributed by atoms with Gasteiger partial charge in [0.1, 0.15) is 11.5 Å². The van der Waals surface area contributed by atoms with E-state index in [2.05, 4.69) is 27.4 Å². The van der Waals surface area contributed by atoms with Crippen molar-refractivity contribution in [3.8, 4) is 11.5 Å². The molecule has 108 valence electrons. The van der Waals surface area contributed by atoms with Gasteiger partial charge in [0.15, 0.2) is 5.76 Å². The first-order valence-corrected chi connectivity index (χ1v) is 6.97. The van der Waals surface area contributed by atoms with Crippen LogP contribution in [0.4, 0.5) is 0 Å². The number of aromatic amines is 1. The van der Waals surface area contributed by atoms with Gasteiger partial charge < -0.3 is 9.73 Å². The molecular weight excluding hydrogens is 264 g/mol. The molecule has 0 aromatic carbocycles. The maximum atomic E-state index is 5.65. The van der Waals surface area contributed by atoms with Gasteiger partial charge in [-0.15, -0.1) is 0 Å². The van der Waals surface area contributed by atoms with Crippen LogP contribution in [0, 0.1) is 6.92 Å². The minimum Gasteiger partial charge on any atom is -0.460 e.